The van der Waals surface area contributed by atoms with Gasteiger partial charge in [-0.25, -0.2) is 0 Å². The van der Waals surface area contributed by atoms with Crippen molar-refractivity contribution in [2.24, 2.45) is 5.92 Å². The fraction of sp³-hybridized carbons (Fsp3) is 0.545. The Labute approximate surface area is 104 Å². The molecule has 1 unspecified atom stereocenters. The fourth-order valence-electron chi connectivity index (χ4n) is 1.93. The summed E-state index contributed by atoms with van der Waals surface area (Å²) >= 11 is 0. The largest absolute Gasteiger partial charge is 0.383 e. The van der Waals surface area contributed by atoms with Gasteiger partial charge in [-0.15, -0.1) is 0 Å². The quantitative estimate of drug-likeness (QED) is 0.762. The number of amides is 2. The number of nitrogens with one attached hydrogen (secondary N) is 2. The Hall–Kier alpha value is -1.89. The SMILES string of the molecule is COCCN1CC(C(=O)Nc2ccn[nH]2)CC1=O. The molecule has 2 N–H and O–H groups in total. The number of nitrogens with zero attached hydrogens (tertiary/aromatic N) is 2. The van der Waals surface area contributed by atoms with Gasteiger partial charge >= 0.3 is 0 Å². The minimum atomic E-state index is -0.308. The Balaban J connectivity index is 1.87. The summed E-state index contributed by atoms with van der Waals surface area (Å²) in [6.45, 7) is 1.46. The van der Waals surface area contributed by atoms with E-state index in [-0.39, 0.29) is 24.2 Å². The van der Waals surface area contributed by atoms with Gasteiger partial charge in [0.15, 0.2) is 0 Å². The van der Waals surface area contributed by atoms with Gasteiger partial charge in [-0.3, -0.25) is 14.7 Å². The van der Waals surface area contributed by atoms with E-state index >= 15 is 0 Å². The molecule has 2 amide bonds. The zero-order valence-electron chi connectivity index (χ0n) is 10.2. The van der Waals surface area contributed by atoms with Crippen molar-refractivity contribution in [3.63, 3.8) is 0 Å². The van der Waals surface area contributed by atoms with Gasteiger partial charge < -0.3 is 15.0 Å². The van der Waals surface area contributed by atoms with E-state index < -0.39 is 0 Å². The van der Waals surface area contributed by atoms with Crippen molar-refractivity contribution in [1.29, 1.82) is 0 Å². The van der Waals surface area contributed by atoms with Gasteiger partial charge in [0.1, 0.15) is 5.82 Å². The number of ether oxygens (including phenoxy) is 1. The van der Waals surface area contributed by atoms with Crippen molar-refractivity contribution in [3.05, 3.63) is 12.3 Å². The second-order valence-corrected chi connectivity index (χ2v) is 4.19. The highest BCUT2D eigenvalue weighted by Crippen LogP contribution is 2.19. The van der Waals surface area contributed by atoms with Crippen LogP contribution in [-0.2, 0) is 14.3 Å². The highest BCUT2D eigenvalue weighted by molar-refractivity contribution is 5.96. The molecule has 0 aromatic carbocycles. The molecule has 7 heteroatoms. The van der Waals surface area contributed by atoms with Crippen LogP contribution in [0.1, 0.15) is 6.42 Å². The van der Waals surface area contributed by atoms with Crippen LogP contribution in [0.3, 0.4) is 0 Å². The van der Waals surface area contributed by atoms with Crippen LogP contribution in [0, 0.1) is 5.92 Å². The van der Waals surface area contributed by atoms with Gasteiger partial charge in [0.05, 0.1) is 18.7 Å². The number of likely N-dealkylation sites (tertiary alicyclic amines) is 1. The van der Waals surface area contributed by atoms with Crippen molar-refractivity contribution in [2.45, 2.75) is 6.42 Å². The lowest BCUT2D eigenvalue weighted by Crippen LogP contribution is -2.30. The van der Waals surface area contributed by atoms with Gasteiger partial charge in [0.2, 0.25) is 11.8 Å². The number of carbonyl (C=O) groups is 2. The van der Waals surface area contributed by atoms with E-state index in [2.05, 4.69) is 15.5 Å². The zero-order chi connectivity index (χ0) is 13.0. The van der Waals surface area contributed by atoms with Crippen LogP contribution >= 0.6 is 0 Å². The highest BCUT2D eigenvalue weighted by atomic mass is 16.5. The van der Waals surface area contributed by atoms with E-state index in [1.165, 1.54) is 0 Å². The molecule has 1 saturated heterocycles. The molecule has 18 heavy (non-hydrogen) atoms. The molecule has 0 aliphatic carbocycles. The average molecular weight is 252 g/mol. The summed E-state index contributed by atoms with van der Waals surface area (Å²) in [5, 5.41) is 9.08. The van der Waals surface area contributed by atoms with Crippen LogP contribution in [-0.4, -0.2) is 53.7 Å². The predicted octanol–water partition coefficient (Wildman–Crippen LogP) is -0.157. The maximum atomic E-state index is 11.9. The summed E-state index contributed by atoms with van der Waals surface area (Å²) in [7, 11) is 1.59. The molecule has 98 valence electrons. The normalized spacial score (nSPS) is 19.3. The number of aromatic amines is 1. The molecule has 2 heterocycles. The topological polar surface area (TPSA) is 87.3 Å². The molecular formula is C11H16N4O3. The monoisotopic (exact) mass is 252 g/mol. The number of carbonyl (C=O) groups excluding carboxylic acids is 2. The first-order valence-corrected chi connectivity index (χ1v) is 5.77. The van der Waals surface area contributed by atoms with E-state index in [9.17, 15) is 9.59 Å². The number of methoxy groups -OCH3 is 1. The molecule has 1 atom stereocenters. The van der Waals surface area contributed by atoms with Crippen LogP contribution < -0.4 is 5.32 Å². The van der Waals surface area contributed by atoms with Crippen molar-refractivity contribution in [3.8, 4) is 0 Å². The zero-order valence-corrected chi connectivity index (χ0v) is 10.2. The summed E-state index contributed by atoms with van der Waals surface area (Å²) in [6, 6.07) is 1.66. The first-order chi connectivity index (χ1) is 8.70. The van der Waals surface area contributed by atoms with Gasteiger partial charge in [0, 0.05) is 32.7 Å². The number of rotatable bonds is 5. The first kappa shape index (κ1) is 12.6. The van der Waals surface area contributed by atoms with Crippen LogP contribution in [0.15, 0.2) is 12.3 Å². The second-order valence-electron chi connectivity index (χ2n) is 4.19. The minimum absolute atomic E-state index is 0.00295. The molecule has 1 aromatic heterocycles. The minimum Gasteiger partial charge on any atom is -0.383 e. The Kier molecular flexibility index (Phi) is 3.93. The van der Waals surface area contributed by atoms with E-state index in [1.54, 1.807) is 24.3 Å². The van der Waals surface area contributed by atoms with E-state index in [0.29, 0.717) is 25.5 Å². The van der Waals surface area contributed by atoms with Gasteiger partial charge in [-0.1, -0.05) is 0 Å². The third kappa shape index (κ3) is 2.86. The van der Waals surface area contributed by atoms with Crippen LogP contribution in [0.4, 0.5) is 5.82 Å². The number of anilines is 1. The number of aromatic nitrogens is 2. The van der Waals surface area contributed by atoms with Crippen LogP contribution in [0.25, 0.3) is 0 Å². The molecule has 0 saturated carbocycles. The molecule has 7 nitrogen and oxygen atoms in total. The van der Waals surface area contributed by atoms with Crippen LogP contribution in [0.5, 0.6) is 0 Å². The molecule has 1 aromatic rings. The lowest BCUT2D eigenvalue weighted by Gasteiger charge is -2.15. The summed E-state index contributed by atoms with van der Waals surface area (Å²) < 4.78 is 4.93. The van der Waals surface area contributed by atoms with E-state index in [1.807, 2.05) is 0 Å². The number of hydrogen-bond donors (Lipinski definition) is 2. The van der Waals surface area contributed by atoms with Crippen molar-refractivity contribution >= 4 is 17.6 Å². The Bertz CT molecular complexity index is 418. The number of hydrogen-bond acceptors (Lipinski definition) is 4. The second kappa shape index (κ2) is 5.63. The van der Waals surface area contributed by atoms with Crippen molar-refractivity contribution < 1.29 is 14.3 Å². The summed E-state index contributed by atoms with van der Waals surface area (Å²) in [5.74, 6) is 0.0739. The molecule has 0 spiro atoms. The Morgan fingerprint density at radius 1 is 1.72 bits per heavy atom. The molecule has 1 aliphatic rings. The molecule has 0 bridgehead atoms. The molecule has 1 fully saturated rings. The Morgan fingerprint density at radius 3 is 3.22 bits per heavy atom. The van der Waals surface area contributed by atoms with Gasteiger partial charge in [-0.05, 0) is 0 Å². The summed E-state index contributed by atoms with van der Waals surface area (Å²) in [6.07, 6.45) is 1.81. The number of H-pyrrole nitrogens is 1. The summed E-state index contributed by atoms with van der Waals surface area (Å²) in [5.41, 5.74) is 0. The van der Waals surface area contributed by atoms with E-state index in [4.69, 9.17) is 4.74 Å². The van der Waals surface area contributed by atoms with Crippen molar-refractivity contribution in [1.82, 2.24) is 15.1 Å². The molecular weight excluding hydrogens is 236 g/mol. The van der Waals surface area contributed by atoms with Gasteiger partial charge in [0.25, 0.3) is 0 Å². The maximum Gasteiger partial charge on any atom is 0.230 e. The fourth-order valence-corrected chi connectivity index (χ4v) is 1.93. The first-order valence-electron chi connectivity index (χ1n) is 5.77. The lowest BCUT2D eigenvalue weighted by atomic mass is 10.1. The van der Waals surface area contributed by atoms with Crippen molar-refractivity contribution in [2.75, 3.05) is 32.1 Å². The predicted molar refractivity (Wildman–Crippen MR) is 63.8 cm³/mol. The van der Waals surface area contributed by atoms with Crippen LogP contribution in [0.2, 0.25) is 0 Å². The third-order valence-corrected chi connectivity index (χ3v) is 2.91. The maximum absolute atomic E-state index is 11.9. The lowest BCUT2D eigenvalue weighted by molar-refractivity contribution is -0.128. The highest BCUT2D eigenvalue weighted by Gasteiger charge is 2.34. The van der Waals surface area contributed by atoms with E-state index in [0.717, 1.165) is 0 Å². The molecule has 1 aliphatic heterocycles. The Morgan fingerprint density at radius 2 is 2.56 bits per heavy atom. The standard InChI is InChI=1S/C11H16N4O3/c1-18-5-4-15-7-8(6-10(15)16)11(17)13-9-2-3-12-14-9/h2-3,8H,4-7H2,1H3,(H2,12,13,14,17). The third-order valence-electron chi connectivity index (χ3n) is 2.91. The molecule has 2 rings (SSSR count). The summed E-state index contributed by atoms with van der Waals surface area (Å²) in [4.78, 5) is 25.2. The average Bonchev–Trinajstić information content (AvgIpc) is 2.96. The smallest absolute Gasteiger partial charge is 0.230 e. The molecule has 0 radical (unpaired) electrons. The van der Waals surface area contributed by atoms with Gasteiger partial charge in [-0.2, -0.15) is 5.10 Å².